The van der Waals surface area contributed by atoms with E-state index in [1.54, 1.807) is 24.4 Å². The predicted octanol–water partition coefficient (Wildman–Crippen LogP) is 4.48. The molecule has 0 aliphatic carbocycles. The maximum atomic E-state index is 15.5. The first-order valence-electron chi connectivity index (χ1n) is 8.71. The van der Waals surface area contributed by atoms with Gasteiger partial charge in [0.1, 0.15) is 29.0 Å². The average Bonchev–Trinajstić information content (AvgIpc) is 2.68. The van der Waals surface area contributed by atoms with Crippen LogP contribution in [-0.2, 0) is 16.7 Å². The fraction of sp³-hybridized carbons (Fsp3) is 0.400. The minimum Gasteiger partial charge on any atom is -0.385 e. The summed E-state index contributed by atoms with van der Waals surface area (Å²) in [4.78, 5) is 8.00. The molecule has 1 aliphatic heterocycles. The summed E-state index contributed by atoms with van der Waals surface area (Å²) in [5.74, 6) is -4.42. The van der Waals surface area contributed by atoms with Crippen molar-refractivity contribution in [3.05, 3.63) is 64.2 Å². The zero-order chi connectivity index (χ0) is 20.7. The first-order valence-corrected chi connectivity index (χ1v) is 9.09. The van der Waals surface area contributed by atoms with E-state index in [1.165, 1.54) is 32.9 Å². The zero-order valence-corrected chi connectivity index (χ0v) is 16.5. The van der Waals surface area contributed by atoms with Crippen LogP contribution in [0.25, 0.3) is 0 Å². The number of alkyl halides is 2. The van der Waals surface area contributed by atoms with Gasteiger partial charge in [-0.05, 0) is 56.5 Å². The maximum Gasteiger partial charge on any atom is 0.304 e. The number of hydrogen-bond acceptors (Lipinski definition) is 4. The summed E-state index contributed by atoms with van der Waals surface area (Å²) in [6.07, 6.45) is 1.96. The zero-order valence-electron chi connectivity index (χ0n) is 15.8. The molecule has 0 unspecified atom stereocenters. The SMILES string of the molecule is CC1(C)OCC(N)=N[C@](C)(c2cc(Cc3ccc(Cl)nc3)ccc2F)C1(F)F. The lowest BCUT2D eigenvalue weighted by atomic mass is 9.77. The fourth-order valence-electron chi connectivity index (χ4n) is 3.35. The van der Waals surface area contributed by atoms with Gasteiger partial charge < -0.3 is 10.5 Å². The molecule has 0 spiro atoms. The molecule has 0 fully saturated rings. The van der Waals surface area contributed by atoms with Crippen LogP contribution in [0, 0.1) is 5.82 Å². The van der Waals surface area contributed by atoms with Gasteiger partial charge in [-0.3, -0.25) is 4.99 Å². The van der Waals surface area contributed by atoms with Gasteiger partial charge in [-0.2, -0.15) is 0 Å². The Morgan fingerprint density at radius 3 is 2.46 bits per heavy atom. The average molecular weight is 412 g/mol. The smallest absolute Gasteiger partial charge is 0.304 e. The van der Waals surface area contributed by atoms with Crippen LogP contribution in [0.5, 0.6) is 0 Å². The Morgan fingerprint density at radius 1 is 1.14 bits per heavy atom. The third-order valence-corrected chi connectivity index (χ3v) is 5.29. The van der Waals surface area contributed by atoms with E-state index in [4.69, 9.17) is 22.1 Å². The summed E-state index contributed by atoms with van der Waals surface area (Å²) in [6, 6.07) is 7.51. The second-order valence-electron chi connectivity index (χ2n) is 7.53. The van der Waals surface area contributed by atoms with Crippen LogP contribution in [0.1, 0.15) is 37.5 Å². The normalized spacial score (nSPS) is 23.8. The van der Waals surface area contributed by atoms with Gasteiger partial charge in [0.25, 0.3) is 0 Å². The predicted molar refractivity (Wildman–Crippen MR) is 102 cm³/mol. The molecule has 3 rings (SSSR count). The van der Waals surface area contributed by atoms with Gasteiger partial charge in [-0.25, -0.2) is 18.2 Å². The summed E-state index contributed by atoms with van der Waals surface area (Å²) < 4.78 is 50.9. The number of ether oxygens (including phenoxy) is 1. The number of aliphatic imine (C=N–C) groups is 1. The molecule has 1 aliphatic rings. The monoisotopic (exact) mass is 411 g/mol. The highest BCUT2D eigenvalue weighted by Crippen LogP contribution is 2.50. The molecule has 2 N–H and O–H groups in total. The van der Waals surface area contributed by atoms with Crippen molar-refractivity contribution in [2.24, 2.45) is 10.7 Å². The lowest BCUT2D eigenvalue weighted by Crippen LogP contribution is -2.56. The number of pyridine rings is 1. The van der Waals surface area contributed by atoms with Crippen LogP contribution in [0.3, 0.4) is 0 Å². The van der Waals surface area contributed by atoms with Crippen molar-refractivity contribution in [2.75, 3.05) is 6.61 Å². The Balaban J connectivity index is 2.10. The van der Waals surface area contributed by atoms with Gasteiger partial charge in [0.2, 0.25) is 0 Å². The summed E-state index contributed by atoms with van der Waals surface area (Å²) in [7, 11) is 0. The van der Waals surface area contributed by atoms with Crippen molar-refractivity contribution in [2.45, 2.75) is 44.3 Å². The van der Waals surface area contributed by atoms with E-state index in [9.17, 15) is 4.39 Å². The largest absolute Gasteiger partial charge is 0.385 e. The van der Waals surface area contributed by atoms with Crippen molar-refractivity contribution in [3.8, 4) is 0 Å². The Labute approximate surface area is 166 Å². The molecular formula is C20H21ClF3N3O. The minimum absolute atomic E-state index is 0.112. The molecule has 1 aromatic heterocycles. The standard InChI is InChI=1S/C20H21ClF3N3O/c1-18(2)20(23,24)19(3,27-17(25)11-28-18)14-9-12(4-6-15(14)22)8-13-5-7-16(21)26-10-13/h4-7,9-10H,8,11H2,1-3H3,(H2,25,27)/t19-/m1/s1. The molecule has 0 radical (unpaired) electrons. The fourth-order valence-corrected chi connectivity index (χ4v) is 3.46. The Hall–Kier alpha value is -2.12. The van der Waals surface area contributed by atoms with E-state index in [1.807, 2.05) is 0 Å². The van der Waals surface area contributed by atoms with Crippen molar-refractivity contribution in [3.63, 3.8) is 0 Å². The molecule has 4 nitrogen and oxygen atoms in total. The van der Waals surface area contributed by atoms with Crippen LogP contribution >= 0.6 is 11.6 Å². The third-order valence-electron chi connectivity index (χ3n) is 5.07. The Kier molecular flexibility index (Phi) is 5.18. The second kappa shape index (κ2) is 7.04. The highest BCUT2D eigenvalue weighted by Gasteiger charge is 2.63. The molecule has 0 saturated heterocycles. The molecular weight excluding hydrogens is 391 g/mol. The van der Waals surface area contributed by atoms with E-state index >= 15 is 8.78 Å². The van der Waals surface area contributed by atoms with E-state index < -0.39 is 22.9 Å². The molecule has 8 heteroatoms. The summed E-state index contributed by atoms with van der Waals surface area (Å²) >= 11 is 5.79. The van der Waals surface area contributed by atoms with E-state index in [-0.39, 0.29) is 18.0 Å². The lowest BCUT2D eigenvalue weighted by Gasteiger charge is -2.42. The van der Waals surface area contributed by atoms with Crippen LogP contribution in [0.4, 0.5) is 13.2 Å². The molecule has 28 heavy (non-hydrogen) atoms. The van der Waals surface area contributed by atoms with Crippen molar-refractivity contribution in [1.29, 1.82) is 0 Å². The number of halogens is 4. The Morgan fingerprint density at radius 2 is 1.82 bits per heavy atom. The molecule has 0 bridgehead atoms. The number of benzene rings is 1. The van der Waals surface area contributed by atoms with Gasteiger partial charge in [0, 0.05) is 11.8 Å². The Bertz CT molecular complexity index is 915. The molecule has 0 amide bonds. The first kappa shape index (κ1) is 20.6. The highest BCUT2D eigenvalue weighted by atomic mass is 35.5. The lowest BCUT2D eigenvalue weighted by molar-refractivity contribution is -0.214. The molecule has 1 aromatic carbocycles. The number of nitrogens with zero attached hydrogens (tertiary/aromatic N) is 2. The minimum atomic E-state index is -3.53. The van der Waals surface area contributed by atoms with Gasteiger partial charge in [0.05, 0.1) is 0 Å². The molecule has 1 atom stereocenters. The second-order valence-corrected chi connectivity index (χ2v) is 7.92. The number of rotatable bonds is 3. The van der Waals surface area contributed by atoms with Crippen LogP contribution in [-0.4, -0.2) is 29.0 Å². The van der Waals surface area contributed by atoms with Gasteiger partial charge in [-0.15, -0.1) is 0 Å². The maximum absolute atomic E-state index is 15.5. The first-order chi connectivity index (χ1) is 13.0. The van der Waals surface area contributed by atoms with Crippen LogP contribution in [0.2, 0.25) is 5.15 Å². The third kappa shape index (κ3) is 3.49. The topological polar surface area (TPSA) is 60.5 Å². The molecule has 2 aromatic rings. The van der Waals surface area contributed by atoms with Crippen LogP contribution in [0.15, 0.2) is 41.5 Å². The van der Waals surface area contributed by atoms with Gasteiger partial charge in [0.15, 0.2) is 5.54 Å². The number of hydrogen-bond donors (Lipinski definition) is 1. The molecule has 0 saturated carbocycles. The van der Waals surface area contributed by atoms with Crippen LogP contribution < -0.4 is 5.73 Å². The van der Waals surface area contributed by atoms with E-state index in [0.29, 0.717) is 17.1 Å². The summed E-state index contributed by atoms with van der Waals surface area (Å²) in [5, 5.41) is 0.348. The number of amidine groups is 1. The van der Waals surface area contributed by atoms with Crippen molar-refractivity contribution >= 4 is 17.4 Å². The summed E-state index contributed by atoms with van der Waals surface area (Å²) in [5.41, 5.74) is 2.85. The highest BCUT2D eigenvalue weighted by molar-refractivity contribution is 6.29. The van der Waals surface area contributed by atoms with Gasteiger partial charge >= 0.3 is 5.92 Å². The van der Waals surface area contributed by atoms with E-state index in [2.05, 4.69) is 9.98 Å². The summed E-state index contributed by atoms with van der Waals surface area (Å²) in [6.45, 7) is 3.43. The van der Waals surface area contributed by atoms with Crippen molar-refractivity contribution < 1.29 is 17.9 Å². The number of aromatic nitrogens is 1. The quantitative estimate of drug-likeness (QED) is 0.757. The molecule has 2 heterocycles. The van der Waals surface area contributed by atoms with Crippen molar-refractivity contribution in [1.82, 2.24) is 4.98 Å². The van der Waals surface area contributed by atoms with E-state index in [0.717, 1.165) is 5.56 Å². The number of nitrogens with two attached hydrogens (primary N) is 1. The van der Waals surface area contributed by atoms with Gasteiger partial charge in [-0.1, -0.05) is 23.7 Å². The molecule has 150 valence electrons.